The number of carbonyl (C=O) groups excluding carboxylic acids is 1. The van der Waals surface area contributed by atoms with Gasteiger partial charge in [-0.25, -0.2) is 12.7 Å². The van der Waals surface area contributed by atoms with Crippen molar-refractivity contribution in [1.29, 1.82) is 0 Å². The Morgan fingerprint density at radius 1 is 1.16 bits per heavy atom. The van der Waals surface area contributed by atoms with Crippen molar-refractivity contribution in [2.75, 3.05) is 25.5 Å². The van der Waals surface area contributed by atoms with E-state index in [1.807, 2.05) is 18.2 Å². The lowest BCUT2D eigenvalue weighted by Gasteiger charge is -2.22. The highest BCUT2D eigenvalue weighted by molar-refractivity contribution is 7.89. The van der Waals surface area contributed by atoms with Crippen LogP contribution in [0, 0.1) is 0 Å². The van der Waals surface area contributed by atoms with E-state index in [9.17, 15) is 13.2 Å². The third-order valence-electron chi connectivity index (χ3n) is 3.57. The summed E-state index contributed by atoms with van der Waals surface area (Å²) in [6.45, 7) is 3.94. The molecule has 2 rings (SSSR count). The molecule has 2 aromatic carbocycles. The number of hydrogen-bond donors (Lipinski definition) is 0. The van der Waals surface area contributed by atoms with E-state index in [1.165, 1.54) is 37.2 Å². The van der Waals surface area contributed by atoms with E-state index in [2.05, 4.69) is 6.58 Å². The molecule has 0 atom stereocenters. The fraction of sp³-hybridized carbons (Fsp3) is 0.167. The molecule has 0 spiro atoms. The zero-order valence-electron chi connectivity index (χ0n) is 14.0. The van der Waals surface area contributed by atoms with E-state index in [0.717, 1.165) is 4.31 Å². The lowest BCUT2D eigenvalue weighted by atomic mass is 10.1. The van der Waals surface area contributed by atoms with E-state index < -0.39 is 15.9 Å². The van der Waals surface area contributed by atoms with Crippen LogP contribution in [0.5, 0.6) is 0 Å². The Morgan fingerprint density at radius 2 is 1.80 bits per heavy atom. The summed E-state index contributed by atoms with van der Waals surface area (Å²) in [7, 11) is -0.809. The number of hydrogen-bond acceptors (Lipinski definition) is 3. The summed E-state index contributed by atoms with van der Waals surface area (Å²) in [6.07, 6.45) is 1.60. The first-order chi connectivity index (χ1) is 11.8. The summed E-state index contributed by atoms with van der Waals surface area (Å²) < 4.78 is 25.7. The van der Waals surface area contributed by atoms with Gasteiger partial charge in [0.15, 0.2) is 0 Å². The molecule has 0 N–H and O–H groups in total. The Kier molecular flexibility index (Phi) is 6.00. The number of amides is 1. The molecule has 5 nitrogen and oxygen atoms in total. The van der Waals surface area contributed by atoms with Crippen LogP contribution in [0.15, 0.2) is 66.1 Å². The highest BCUT2D eigenvalue weighted by Gasteiger charge is 2.24. The molecular weight excluding hydrogens is 360 g/mol. The molecule has 0 aliphatic heterocycles. The monoisotopic (exact) mass is 378 g/mol. The van der Waals surface area contributed by atoms with Gasteiger partial charge in [0.2, 0.25) is 10.0 Å². The van der Waals surface area contributed by atoms with Gasteiger partial charge in [-0.3, -0.25) is 4.79 Å². The molecule has 7 heteroatoms. The van der Waals surface area contributed by atoms with Crippen molar-refractivity contribution in [3.05, 3.63) is 71.8 Å². The zero-order valence-corrected chi connectivity index (χ0v) is 15.6. The molecule has 0 heterocycles. The second-order valence-electron chi connectivity index (χ2n) is 5.47. The predicted molar refractivity (Wildman–Crippen MR) is 101 cm³/mol. The number of rotatable bonds is 6. The minimum Gasteiger partial charge on any atom is -0.305 e. The van der Waals surface area contributed by atoms with E-state index in [4.69, 9.17) is 11.6 Å². The summed E-state index contributed by atoms with van der Waals surface area (Å²) >= 11 is 6.17. The molecule has 0 saturated heterocycles. The molecule has 0 bridgehead atoms. The highest BCUT2D eigenvalue weighted by Crippen LogP contribution is 2.25. The molecular formula is C18H19ClN2O3S. The van der Waals surface area contributed by atoms with Crippen LogP contribution in [0.4, 0.5) is 5.69 Å². The minimum absolute atomic E-state index is 0.0110. The highest BCUT2D eigenvalue weighted by atomic mass is 35.5. The number of para-hydroxylation sites is 1. The number of halogens is 1. The fourth-order valence-electron chi connectivity index (χ4n) is 2.23. The predicted octanol–water partition coefficient (Wildman–Crippen LogP) is 3.42. The average molecular weight is 379 g/mol. The normalized spacial score (nSPS) is 11.4. The second kappa shape index (κ2) is 7.82. The first-order valence-corrected chi connectivity index (χ1v) is 9.30. The fourth-order valence-corrected chi connectivity index (χ4v) is 3.35. The molecule has 0 fully saturated rings. The van der Waals surface area contributed by atoms with Gasteiger partial charge in [-0.05, 0) is 30.3 Å². The third-order valence-corrected chi connectivity index (χ3v) is 5.71. The first kappa shape index (κ1) is 19.2. The van der Waals surface area contributed by atoms with Gasteiger partial charge >= 0.3 is 0 Å². The second-order valence-corrected chi connectivity index (χ2v) is 8.03. The summed E-state index contributed by atoms with van der Waals surface area (Å²) in [6, 6.07) is 13.2. The number of carbonyl (C=O) groups is 1. The number of sulfonamides is 1. The summed E-state index contributed by atoms with van der Waals surface area (Å²) in [4.78, 5) is 14.5. The van der Waals surface area contributed by atoms with Crippen LogP contribution < -0.4 is 4.90 Å². The van der Waals surface area contributed by atoms with Gasteiger partial charge < -0.3 is 4.90 Å². The maximum atomic E-state index is 13.0. The standard InChI is InChI=1S/C18H19ClN2O3S/c1-4-12-21(14-8-6-5-7-9-14)18(22)16-13-15(10-11-17(16)19)25(23,24)20(2)3/h4-11,13H,1,12H2,2-3H3. The van der Waals surface area contributed by atoms with Crippen LogP contribution >= 0.6 is 11.6 Å². The molecule has 0 aromatic heterocycles. The van der Waals surface area contributed by atoms with Crippen LogP contribution in [0.1, 0.15) is 10.4 Å². The summed E-state index contributed by atoms with van der Waals surface area (Å²) in [5.74, 6) is -0.396. The van der Waals surface area contributed by atoms with E-state index in [0.29, 0.717) is 5.69 Å². The van der Waals surface area contributed by atoms with Crippen LogP contribution in [-0.2, 0) is 10.0 Å². The first-order valence-electron chi connectivity index (χ1n) is 7.49. The SMILES string of the molecule is C=CCN(C(=O)c1cc(S(=O)(=O)N(C)C)ccc1Cl)c1ccccc1. The van der Waals surface area contributed by atoms with Crippen LogP contribution in [0.25, 0.3) is 0 Å². The number of anilines is 1. The van der Waals surface area contributed by atoms with Crippen molar-refractivity contribution < 1.29 is 13.2 Å². The molecule has 132 valence electrons. The summed E-state index contributed by atoms with van der Waals surface area (Å²) in [5, 5.41) is 0.188. The summed E-state index contributed by atoms with van der Waals surface area (Å²) in [5.41, 5.74) is 0.791. The van der Waals surface area contributed by atoms with Gasteiger partial charge in [-0.2, -0.15) is 0 Å². The van der Waals surface area contributed by atoms with Gasteiger partial charge in [0.25, 0.3) is 5.91 Å². The number of nitrogens with zero attached hydrogens (tertiary/aromatic N) is 2. The minimum atomic E-state index is -3.67. The van der Waals surface area contributed by atoms with Crippen molar-refractivity contribution in [1.82, 2.24) is 4.31 Å². The lowest BCUT2D eigenvalue weighted by Crippen LogP contribution is -2.31. The number of benzene rings is 2. The molecule has 1 amide bonds. The molecule has 0 aliphatic rings. The maximum absolute atomic E-state index is 13.0. The largest absolute Gasteiger partial charge is 0.305 e. The topological polar surface area (TPSA) is 57.7 Å². The smallest absolute Gasteiger partial charge is 0.260 e. The Labute approximate surface area is 153 Å². The van der Waals surface area contributed by atoms with Crippen molar-refractivity contribution in [2.24, 2.45) is 0 Å². The van der Waals surface area contributed by atoms with Gasteiger partial charge in [0, 0.05) is 26.3 Å². The lowest BCUT2D eigenvalue weighted by molar-refractivity contribution is 0.0989. The van der Waals surface area contributed by atoms with E-state index >= 15 is 0 Å². The van der Waals surface area contributed by atoms with Gasteiger partial charge in [-0.15, -0.1) is 6.58 Å². The molecule has 0 saturated carbocycles. The molecule has 0 aliphatic carbocycles. The molecule has 25 heavy (non-hydrogen) atoms. The zero-order chi connectivity index (χ0) is 18.6. The average Bonchev–Trinajstić information content (AvgIpc) is 2.60. The molecule has 2 aromatic rings. The molecule has 0 unspecified atom stereocenters. The Hall–Kier alpha value is -2.15. The van der Waals surface area contributed by atoms with Crippen molar-refractivity contribution >= 4 is 33.2 Å². The van der Waals surface area contributed by atoms with Crippen molar-refractivity contribution in [3.8, 4) is 0 Å². The van der Waals surface area contributed by atoms with E-state index in [-0.39, 0.29) is 22.0 Å². The van der Waals surface area contributed by atoms with Crippen LogP contribution in [0.2, 0.25) is 5.02 Å². The molecule has 0 radical (unpaired) electrons. The quantitative estimate of drug-likeness (QED) is 0.723. The Morgan fingerprint density at radius 3 is 2.36 bits per heavy atom. The van der Waals surface area contributed by atoms with Gasteiger partial charge in [0.1, 0.15) is 0 Å². The Balaban J connectivity index is 2.52. The van der Waals surface area contributed by atoms with Crippen LogP contribution in [-0.4, -0.2) is 39.3 Å². The Bertz CT molecular complexity index is 880. The maximum Gasteiger partial charge on any atom is 0.260 e. The third kappa shape index (κ3) is 4.10. The van der Waals surface area contributed by atoms with Crippen LogP contribution in [0.3, 0.4) is 0 Å². The van der Waals surface area contributed by atoms with Gasteiger partial charge in [0.05, 0.1) is 15.5 Å². The van der Waals surface area contributed by atoms with Gasteiger partial charge in [-0.1, -0.05) is 35.9 Å². The van der Waals surface area contributed by atoms with Crippen molar-refractivity contribution in [3.63, 3.8) is 0 Å². The van der Waals surface area contributed by atoms with Crippen molar-refractivity contribution in [2.45, 2.75) is 4.90 Å². The van der Waals surface area contributed by atoms with E-state index in [1.54, 1.807) is 18.2 Å².